The lowest BCUT2D eigenvalue weighted by Gasteiger charge is -2.29. The quantitative estimate of drug-likeness (QED) is 0.868. The van der Waals surface area contributed by atoms with Gasteiger partial charge in [-0.3, -0.25) is 4.90 Å². The van der Waals surface area contributed by atoms with E-state index < -0.39 is 6.10 Å². The van der Waals surface area contributed by atoms with Crippen molar-refractivity contribution in [2.24, 2.45) is 0 Å². The smallest absolute Gasteiger partial charge is 0.0917 e. The summed E-state index contributed by atoms with van der Waals surface area (Å²) < 4.78 is 0. The van der Waals surface area contributed by atoms with E-state index in [0.29, 0.717) is 12.6 Å². The first-order valence-electron chi connectivity index (χ1n) is 7.59. The summed E-state index contributed by atoms with van der Waals surface area (Å²) in [6.45, 7) is 8.01. The van der Waals surface area contributed by atoms with Gasteiger partial charge >= 0.3 is 0 Å². The Morgan fingerprint density at radius 2 is 1.57 bits per heavy atom. The van der Waals surface area contributed by atoms with Crippen molar-refractivity contribution < 1.29 is 5.11 Å². The van der Waals surface area contributed by atoms with E-state index in [2.05, 4.69) is 49.9 Å². The highest BCUT2D eigenvalue weighted by Crippen LogP contribution is 2.18. The molecule has 0 bridgehead atoms. The Bertz CT molecular complexity index is 551. The van der Waals surface area contributed by atoms with Crippen LogP contribution in [0.3, 0.4) is 0 Å². The molecule has 2 heteroatoms. The van der Waals surface area contributed by atoms with Gasteiger partial charge in [0.1, 0.15) is 0 Å². The molecule has 112 valence electrons. The maximum absolute atomic E-state index is 10.4. The van der Waals surface area contributed by atoms with Crippen LogP contribution in [0.15, 0.2) is 54.6 Å². The Morgan fingerprint density at radius 1 is 0.952 bits per heavy atom. The molecule has 0 saturated heterocycles. The van der Waals surface area contributed by atoms with Crippen LogP contribution in [0.2, 0.25) is 0 Å². The van der Waals surface area contributed by atoms with Crippen molar-refractivity contribution in [2.75, 3.05) is 6.54 Å². The molecular formula is C19H25NO. The molecular weight excluding hydrogens is 258 g/mol. The van der Waals surface area contributed by atoms with Crippen molar-refractivity contribution in [1.82, 2.24) is 4.90 Å². The zero-order valence-electron chi connectivity index (χ0n) is 13.2. The Kier molecular flexibility index (Phi) is 5.54. The topological polar surface area (TPSA) is 23.5 Å². The number of hydrogen-bond donors (Lipinski definition) is 1. The molecule has 0 amide bonds. The van der Waals surface area contributed by atoms with Crippen LogP contribution >= 0.6 is 0 Å². The first-order chi connectivity index (χ1) is 10.1. The van der Waals surface area contributed by atoms with Crippen LogP contribution < -0.4 is 0 Å². The predicted molar refractivity (Wildman–Crippen MR) is 88.1 cm³/mol. The summed E-state index contributed by atoms with van der Waals surface area (Å²) in [5.74, 6) is 0. The summed E-state index contributed by atoms with van der Waals surface area (Å²) in [6, 6.07) is 18.7. The molecule has 0 heterocycles. The third-order valence-corrected chi connectivity index (χ3v) is 3.96. The molecule has 2 nitrogen and oxygen atoms in total. The molecule has 2 aromatic rings. The SMILES string of the molecule is Cc1ccccc1CN(CC(O)c1ccccc1)C(C)C. The molecule has 2 rings (SSSR count). The minimum absolute atomic E-state index is 0.392. The van der Waals surface area contributed by atoms with Gasteiger partial charge in [-0.15, -0.1) is 0 Å². The number of hydrogen-bond acceptors (Lipinski definition) is 2. The largest absolute Gasteiger partial charge is 0.387 e. The van der Waals surface area contributed by atoms with E-state index in [1.54, 1.807) is 0 Å². The molecule has 0 saturated carbocycles. The number of aliphatic hydroxyl groups is 1. The van der Waals surface area contributed by atoms with Crippen molar-refractivity contribution in [2.45, 2.75) is 39.5 Å². The summed E-state index contributed by atoms with van der Waals surface area (Å²) in [6.07, 6.45) is -0.447. The average Bonchev–Trinajstić information content (AvgIpc) is 2.49. The van der Waals surface area contributed by atoms with Crippen molar-refractivity contribution in [3.05, 3.63) is 71.3 Å². The molecule has 0 aliphatic rings. The molecule has 0 spiro atoms. The molecule has 0 radical (unpaired) electrons. The number of nitrogens with zero attached hydrogens (tertiary/aromatic N) is 1. The molecule has 21 heavy (non-hydrogen) atoms. The van der Waals surface area contributed by atoms with Gasteiger partial charge in [0.2, 0.25) is 0 Å². The minimum atomic E-state index is -0.447. The second kappa shape index (κ2) is 7.39. The van der Waals surface area contributed by atoms with Gasteiger partial charge < -0.3 is 5.11 Å². The highest BCUT2D eigenvalue weighted by molar-refractivity contribution is 5.25. The van der Waals surface area contributed by atoms with E-state index in [1.165, 1.54) is 11.1 Å². The van der Waals surface area contributed by atoms with E-state index in [-0.39, 0.29) is 0 Å². The Hall–Kier alpha value is -1.64. The molecule has 1 unspecified atom stereocenters. The highest BCUT2D eigenvalue weighted by atomic mass is 16.3. The fourth-order valence-corrected chi connectivity index (χ4v) is 2.47. The lowest BCUT2D eigenvalue weighted by atomic mass is 10.1. The number of benzene rings is 2. The van der Waals surface area contributed by atoms with Crippen LogP contribution in [0.5, 0.6) is 0 Å². The zero-order chi connectivity index (χ0) is 15.2. The summed E-state index contributed by atoms with van der Waals surface area (Å²) >= 11 is 0. The van der Waals surface area contributed by atoms with Crippen molar-refractivity contribution >= 4 is 0 Å². The van der Waals surface area contributed by atoms with Crippen LogP contribution in [0.4, 0.5) is 0 Å². The Labute approximate surface area is 128 Å². The average molecular weight is 283 g/mol. The van der Waals surface area contributed by atoms with Gasteiger partial charge in [-0.25, -0.2) is 0 Å². The van der Waals surface area contributed by atoms with Gasteiger partial charge in [0.25, 0.3) is 0 Å². The molecule has 0 fully saturated rings. The van der Waals surface area contributed by atoms with Crippen LogP contribution in [-0.2, 0) is 6.54 Å². The van der Waals surface area contributed by atoms with Crippen molar-refractivity contribution in [3.63, 3.8) is 0 Å². The predicted octanol–water partition coefficient (Wildman–Crippen LogP) is 3.94. The molecule has 1 atom stereocenters. The molecule has 0 aliphatic heterocycles. The summed E-state index contributed by atoms with van der Waals surface area (Å²) in [4.78, 5) is 2.32. The van der Waals surface area contributed by atoms with Gasteiger partial charge in [0, 0.05) is 19.1 Å². The van der Waals surface area contributed by atoms with Crippen LogP contribution in [0, 0.1) is 6.92 Å². The van der Waals surface area contributed by atoms with Gasteiger partial charge in [-0.1, -0.05) is 54.6 Å². The van der Waals surface area contributed by atoms with E-state index in [1.807, 2.05) is 30.3 Å². The summed E-state index contributed by atoms with van der Waals surface area (Å²) in [5, 5.41) is 10.4. The summed E-state index contributed by atoms with van der Waals surface area (Å²) in [5.41, 5.74) is 3.61. The normalized spacial score (nSPS) is 12.9. The lowest BCUT2D eigenvalue weighted by molar-refractivity contribution is 0.0907. The maximum Gasteiger partial charge on any atom is 0.0917 e. The van der Waals surface area contributed by atoms with E-state index in [9.17, 15) is 5.11 Å². The minimum Gasteiger partial charge on any atom is -0.387 e. The fraction of sp³-hybridized carbons (Fsp3) is 0.368. The first-order valence-corrected chi connectivity index (χ1v) is 7.59. The van der Waals surface area contributed by atoms with Gasteiger partial charge in [0.15, 0.2) is 0 Å². The third kappa shape index (κ3) is 4.42. The standard InChI is InChI=1S/C19H25NO/c1-15(2)20(13-18-12-8-7-9-16(18)3)14-19(21)17-10-5-4-6-11-17/h4-12,15,19,21H,13-14H2,1-3H3. The highest BCUT2D eigenvalue weighted by Gasteiger charge is 2.17. The van der Waals surface area contributed by atoms with Gasteiger partial charge in [0.05, 0.1) is 6.10 Å². The first kappa shape index (κ1) is 15.7. The number of rotatable bonds is 6. The summed E-state index contributed by atoms with van der Waals surface area (Å²) in [7, 11) is 0. The zero-order valence-corrected chi connectivity index (χ0v) is 13.2. The maximum atomic E-state index is 10.4. The molecule has 0 aromatic heterocycles. The van der Waals surface area contributed by atoms with E-state index in [0.717, 1.165) is 12.1 Å². The second-order valence-electron chi connectivity index (χ2n) is 5.88. The lowest BCUT2D eigenvalue weighted by Crippen LogP contribution is -2.34. The molecule has 0 aliphatic carbocycles. The Balaban J connectivity index is 2.08. The van der Waals surface area contributed by atoms with Gasteiger partial charge in [-0.2, -0.15) is 0 Å². The fourth-order valence-electron chi connectivity index (χ4n) is 2.47. The van der Waals surface area contributed by atoms with E-state index >= 15 is 0 Å². The van der Waals surface area contributed by atoms with Crippen LogP contribution in [0.1, 0.15) is 36.6 Å². The molecule has 1 N–H and O–H groups in total. The van der Waals surface area contributed by atoms with Crippen LogP contribution in [-0.4, -0.2) is 22.6 Å². The van der Waals surface area contributed by atoms with E-state index in [4.69, 9.17) is 0 Å². The van der Waals surface area contributed by atoms with Crippen LogP contribution in [0.25, 0.3) is 0 Å². The molecule has 2 aromatic carbocycles. The Morgan fingerprint density at radius 3 is 2.19 bits per heavy atom. The third-order valence-electron chi connectivity index (χ3n) is 3.96. The monoisotopic (exact) mass is 283 g/mol. The number of aryl methyl sites for hydroxylation is 1. The second-order valence-corrected chi connectivity index (χ2v) is 5.88. The van der Waals surface area contributed by atoms with Crippen molar-refractivity contribution in [1.29, 1.82) is 0 Å². The van der Waals surface area contributed by atoms with Crippen molar-refractivity contribution in [3.8, 4) is 0 Å². The number of aliphatic hydroxyl groups excluding tert-OH is 1. The van der Waals surface area contributed by atoms with Gasteiger partial charge in [-0.05, 0) is 37.5 Å².